The average molecular weight is 438 g/mol. The fourth-order valence-corrected chi connectivity index (χ4v) is 5.55. The maximum absolute atomic E-state index is 13.2. The number of halogens is 1. The Bertz CT molecular complexity index is 1340. The van der Waals surface area contributed by atoms with Gasteiger partial charge in [0.1, 0.15) is 18.5 Å². The van der Waals surface area contributed by atoms with E-state index in [-0.39, 0.29) is 18.0 Å². The van der Waals surface area contributed by atoms with E-state index < -0.39 is 27.9 Å². The quantitative estimate of drug-likeness (QED) is 0.457. The summed E-state index contributed by atoms with van der Waals surface area (Å²) in [6.07, 6.45) is -0.657. The van der Waals surface area contributed by atoms with Crippen molar-refractivity contribution in [3.8, 4) is 0 Å². The molecular weight excluding hydrogens is 419 g/mol. The van der Waals surface area contributed by atoms with E-state index in [4.69, 9.17) is 4.74 Å². The Balaban J connectivity index is 1.49. The first-order valence-electron chi connectivity index (χ1n) is 9.84. The van der Waals surface area contributed by atoms with Gasteiger partial charge in [-0.05, 0) is 36.4 Å². The molecule has 0 spiro atoms. The second-order valence-corrected chi connectivity index (χ2v) is 9.45. The number of nitrogens with zero attached hydrogens (tertiary/aromatic N) is 2. The van der Waals surface area contributed by atoms with Crippen molar-refractivity contribution in [1.29, 1.82) is 0 Å². The van der Waals surface area contributed by atoms with E-state index in [0.717, 1.165) is 38.2 Å². The Kier molecular flexibility index (Phi) is 4.75. The predicted molar refractivity (Wildman–Crippen MR) is 114 cm³/mol. The van der Waals surface area contributed by atoms with Crippen LogP contribution in [-0.4, -0.2) is 42.5 Å². The summed E-state index contributed by atoms with van der Waals surface area (Å²) >= 11 is 0. The number of cyclic esters (lactones) is 1. The molecular formula is C23H19FN2O4S. The minimum atomic E-state index is -3.95. The number of hydrogen-bond donors (Lipinski definition) is 0. The third kappa shape index (κ3) is 3.47. The second kappa shape index (κ2) is 7.47. The highest BCUT2D eigenvalue weighted by Gasteiger charge is 2.35. The Hall–Kier alpha value is -3.23. The summed E-state index contributed by atoms with van der Waals surface area (Å²) in [4.78, 5) is 12.2. The number of benzene rings is 3. The molecule has 0 amide bonds. The lowest BCUT2D eigenvalue weighted by molar-refractivity contribution is -0.155. The van der Waals surface area contributed by atoms with Gasteiger partial charge in [-0.1, -0.05) is 36.4 Å². The van der Waals surface area contributed by atoms with Crippen molar-refractivity contribution in [2.24, 2.45) is 0 Å². The van der Waals surface area contributed by atoms with E-state index >= 15 is 0 Å². The number of para-hydroxylation sites is 2. The van der Waals surface area contributed by atoms with Gasteiger partial charge in [-0.3, -0.25) is 4.79 Å². The van der Waals surface area contributed by atoms with Crippen LogP contribution in [0.15, 0.2) is 77.7 Å². The maximum atomic E-state index is 13.2. The van der Waals surface area contributed by atoms with Crippen LogP contribution in [-0.2, 0) is 26.1 Å². The Morgan fingerprint density at radius 1 is 0.903 bits per heavy atom. The maximum Gasteiger partial charge on any atom is 0.321 e. The van der Waals surface area contributed by atoms with Gasteiger partial charge in [0, 0.05) is 21.8 Å². The number of sulfonamides is 1. The molecule has 3 aromatic carbocycles. The van der Waals surface area contributed by atoms with Gasteiger partial charge in [-0.15, -0.1) is 0 Å². The molecule has 0 bridgehead atoms. The number of rotatable bonds is 4. The van der Waals surface area contributed by atoms with Crippen LogP contribution in [0.25, 0.3) is 21.8 Å². The first-order chi connectivity index (χ1) is 14.9. The molecule has 31 heavy (non-hydrogen) atoms. The number of ether oxygens (including phenoxy) is 1. The molecule has 1 aromatic heterocycles. The van der Waals surface area contributed by atoms with Crippen LogP contribution in [0.5, 0.6) is 0 Å². The summed E-state index contributed by atoms with van der Waals surface area (Å²) in [5.41, 5.74) is 1.97. The molecule has 158 valence electrons. The van der Waals surface area contributed by atoms with Crippen molar-refractivity contribution < 1.29 is 22.3 Å². The van der Waals surface area contributed by atoms with E-state index in [1.807, 2.05) is 48.5 Å². The van der Waals surface area contributed by atoms with Gasteiger partial charge < -0.3 is 9.30 Å². The van der Waals surface area contributed by atoms with Crippen molar-refractivity contribution in [2.75, 3.05) is 13.1 Å². The van der Waals surface area contributed by atoms with Gasteiger partial charge in [-0.2, -0.15) is 4.31 Å². The number of hydrogen-bond acceptors (Lipinski definition) is 4. The molecule has 1 saturated heterocycles. The first kappa shape index (κ1) is 19.7. The molecule has 0 aliphatic carbocycles. The molecule has 1 fully saturated rings. The van der Waals surface area contributed by atoms with Gasteiger partial charge in [0.2, 0.25) is 10.0 Å². The van der Waals surface area contributed by atoms with Crippen LogP contribution < -0.4 is 0 Å². The molecule has 2 heterocycles. The third-order valence-electron chi connectivity index (χ3n) is 5.53. The molecule has 0 saturated carbocycles. The molecule has 5 rings (SSSR count). The van der Waals surface area contributed by atoms with Gasteiger partial charge in [0.25, 0.3) is 0 Å². The Morgan fingerprint density at radius 2 is 1.48 bits per heavy atom. The number of aromatic nitrogens is 1. The summed E-state index contributed by atoms with van der Waals surface area (Å²) in [6.45, 7) is -0.0368. The summed E-state index contributed by atoms with van der Waals surface area (Å²) in [6, 6.07) is 20.5. The fraction of sp³-hybridized carbons (Fsp3) is 0.174. The number of esters is 1. The highest BCUT2D eigenvalue weighted by atomic mass is 32.2. The fourth-order valence-electron chi connectivity index (χ4n) is 4.13. The average Bonchev–Trinajstić information content (AvgIpc) is 3.08. The summed E-state index contributed by atoms with van der Waals surface area (Å²) < 4.78 is 47.9. The number of morpholine rings is 1. The highest BCUT2D eigenvalue weighted by molar-refractivity contribution is 7.89. The van der Waals surface area contributed by atoms with E-state index in [0.29, 0.717) is 6.54 Å². The highest BCUT2D eigenvalue weighted by Crippen LogP contribution is 2.30. The van der Waals surface area contributed by atoms with Crippen LogP contribution in [0.4, 0.5) is 4.39 Å². The molecule has 0 N–H and O–H groups in total. The van der Waals surface area contributed by atoms with Gasteiger partial charge in [0.05, 0.1) is 18.0 Å². The molecule has 4 aromatic rings. The number of fused-ring (bicyclic) bond motifs is 3. The minimum absolute atomic E-state index is 0.0201. The third-order valence-corrected chi connectivity index (χ3v) is 7.35. The van der Waals surface area contributed by atoms with Crippen LogP contribution in [0.1, 0.15) is 0 Å². The SMILES string of the molecule is O=C1CN(S(=O)(=O)c2ccc(F)cc2)CC(Cn2c3ccccc3c3ccccc32)O1. The second-order valence-electron chi connectivity index (χ2n) is 7.51. The van der Waals surface area contributed by atoms with Crippen LogP contribution in [0.3, 0.4) is 0 Å². The van der Waals surface area contributed by atoms with E-state index in [9.17, 15) is 17.6 Å². The van der Waals surface area contributed by atoms with Crippen molar-refractivity contribution >= 4 is 37.8 Å². The zero-order chi connectivity index (χ0) is 21.6. The number of carbonyl (C=O) groups excluding carboxylic acids is 1. The molecule has 6 nitrogen and oxygen atoms in total. The van der Waals surface area contributed by atoms with Crippen molar-refractivity contribution in [3.63, 3.8) is 0 Å². The first-order valence-corrected chi connectivity index (χ1v) is 11.3. The van der Waals surface area contributed by atoms with E-state index in [2.05, 4.69) is 4.57 Å². The molecule has 1 aliphatic heterocycles. The predicted octanol–water partition coefficient (Wildman–Crippen LogP) is 3.55. The van der Waals surface area contributed by atoms with Gasteiger partial charge >= 0.3 is 5.97 Å². The standard InChI is InChI=1S/C23H19FN2O4S/c24-16-9-11-18(12-10-16)31(28,29)25-13-17(30-23(27)15-25)14-26-21-7-3-1-5-19(21)20-6-2-4-8-22(20)26/h1-12,17H,13-15H2. The largest absolute Gasteiger partial charge is 0.458 e. The zero-order valence-corrected chi connectivity index (χ0v) is 17.3. The molecule has 1 atom stereocenters. The monoisotopic (exact) mass is 438 g/mol. The lowest BCUT2D eigenvalue weighted by atomic mass is 10.2. The summed E-state index contributed by atoms with van der Waals surface area (Å²) in [5, 5.41) is 2.16. The Morgan fingerprint density at radius 3 is 2.10 bits per heavy atom. The minimum Gasteiger partial charge on any atom is -0.458 e. The lowest BCUT2D eigenvalue weighted by Gasteiger charge is -2.31. The molecule has 1 unspecified atom stereocenters. The summed E-state index contributed by atoms with van der Waals surface area (Å²) in [7, 11) is -3.95. The molecule has 1 aliphatic rings. The number of carbonyl (C=O) groups is 1. The van der Waals surface area contributed by atoms with Crippen molar-refractivity contribution in [2.45, 2.75) is 17.5 Å². The lowest BCUT2D eigenvalue weighted by Crippen LogP contribution is -2.49. The summed E-state index contributed by atoms with van der Waals surface area (Å²) in [5.74, 6) is -1.14. The molecule has 0 radical (unpaired) electrons. The van der Waals surface area contributed by atoms with Crippen LogP contribution in [0.2, 0.25) is 0 Å². The normalized spacial score (nSPS) is 17.8. The van der Waals surface area contributed by atoms with Gasteiger partial charge in [-0.25, -0.2) is 12.8 Å². The van der Waals surface area contributed by atoms with Crippen LogP contribution >= 0.6 is 0 Å². The molecule has 8 heteroatoms. The van der Waals surface area contributed by atoms with Crippen LogP contribution in [0, 0.1) is 5.82 Å². The smallest absolute Gasteiger partial charge is 0.321 e. The van der Waals surface area contributed by atoms with E-state index in [1.165, 1.54) is 12.1 Å². The zero-order valence-electron chi connectivity index (χ0n) is 16.4. The Labute approximate surface area is 178 Å². The van der Waals surface area contributed by atoms with Gasteiger partial charge in [0.15, 0.2) is 0 Å². The van der Waals surface area contributed by atoms with Crippen molar-refractivity contribution in [1.82, 2.24) is 8.87 Å². The topological polar surface area (TPSA) is 68.6 Å². The van der Waals surface area contributed by atoms with Crippen molar-refractivity contribution in [3.05, 3.63) is 78.6 Å². The van der Waals surface area contributed by atoms with E-state index in [1.54, 1.807) is 0 Å².